The Bertz CT molecular complexity index is 351. The minimum Gasteiger partial charge on any atom is -0.314 e. The summed E-state index contributed by atoms with van der Waals surface area (Å²) in [6.45, 7) is 7.91. The number of hydrogen-bond acceptors (Lipinski definition) is 2. The molecule has 0 aliphatic carbocycles. The van der Waals surface area contributed by atoms with Crippen molar-refractivity contribution in [2.24, 2.45) is 0 Å². The molecule has 2 rings (SSSR count). The van der Waals surface area contributed by atoms with E-state index in [0.29, 0.717) is 0 Å². The Balaban J connectivity index is 0.00000144. The number of piperazine rings is 1. The van der Waals surface area contributed by atoms with E-state index in [0.717, 1.165) is 31.7 Å². The van der Waals surface area contributed by atoms with Gasteiger partial charge in [-0.1, -0.05) is 18.2 Å². The molecule has 1 aromatic carbocycles. The molecule has 0 amide bonds. The van der Waals surface area contributed by atoms with Crippen molar-refractivity contribution in [3.05, 3.63) is 48.3 Å². The second-order valence-electron chi connectivity index (χ2n) is 4.02. The van der Waals surface area contributed by atoms with E-state index in [9.17, 15) is 4.39 Å². The van der Waals surface area contributed by atoms with Crippen LogP contribution in [0, 0.1) is 5.82 Å². The van der Waals surface area contributed by atoms with Gasteiger partial charge >= 0.3 is 0 Å². The van der Waals surface area contributed by atoms with Crippen LogP contribution in [-0.4, -0.2) is 31.1 Å². The van der Waals surface area contributed by atoms with Gasteiger partial charge in [-0.15, -0.1) is 31.4 Å². The summed E-state index contributed by atoms with van der Waals surface area (Å²) < 4.78 is 12.8. The molecule has 5 heteroatoms. The molecular formula is C13H19Cl2FN2. The van der Waals surface area contributed by atoms with E-state index in [-0.39, 0.29) is 36.7 Å². The summed E-state index contributed by atoms with van der Waals surface area (Å²) in [5, 5.41) is 3.32. The third kappa shape index (κ3) is 4.25. The Hall–Kier alpha value is -0.610. The maximum Gasteiger partial charge on any atom is 0.123 e. The lowest BCUT2D eigenvalue weighted by Gasteiger charge is -2.33. The van der Waals surface area contributed by atoms with Gasteiger partial charge in [-0.05, 0) is 17.7 Å². The van der Waals surface area contributed by atoms with Crippen LogP contribution in [0.25, 0.3) is 0 Å². The summed E-state index contributed by atoms with van der Waals surface area (Å²) in [4.78, 5) is 2.36. The molecule has 0 saturated carbocycles. The van der Waals surface area contributed by atoms with E-state index in [2.05, 4.69) is 16.8 Å². The highest BCUT2D eigenvalue weighted by Gasteiger charge is 2.18. The van der Waals surface area contributed by atoms with Crippen LogP contribution in [0.5, 0.6) is 0 Å². The molecule has 2 nitrogen and oxygen atoms in total. The molecule has 1 N–H and O–H groups in total. The summed E-state index contributed by atoms with van der Waals surface area (Å²) >= 11 is 0. The zero-order valence-electron chi connectivity index (χ0n) is 10.1. The normalized spacial score (nSPS) is 17.2. The van der Waals surface area contributed by atoms with Crippen molar-refractivity contribution in [1.29, 1.82) is 0 Å². The Morgan fingerprint density at radius 2 is 1.72 bits per heavy atom. The standard InChI is InChI=1S/C13H17FN2.2ClH/c1-2-13(16-9-7-15-8-10-16)11-3-5-12(14)6-4-11;;/h2-6,13,15H,1,7-10H2;2*1H/t13-;;/m0../s1. The van der Waals surface area contributed by atoms with Gasteiger partial charge in [-0.3, -0.25) is 4.90 Å². The number of hydrogen-bond donors (Lipinski definition) is 1. The molecular weight excluding hydrogens is 274 g/mol. The first-order valence-corrected chi connectivity index (χ1v) is 5.64. The van der Waals surface area contributed by atoms with E-state index >= 15 is 0 Å². The van der Waals surface area contributed by atoms with Crippen LogP contribution in [-0.2, 0) is 0 Å². The first-order chi connectivity index (χ1) is 7.81. The van der Waals surface area contributed by atoms with Crippen LogP contribution >= 0.6 is 24.8 Å². The fourth-order valence-corrected chi connectivity index (χ4v) is 2.12. The summed E-state index contributed by atoms with van der Waals surface area (Å²) in [5.41, 5.74) is 1.11. The number of halogens is 3. The average molecular weight is 293 g/mol. The molecule has 1 aromatic rings. The molecule has 1 aliphatic heterocycles. The third-order valence-electron chi connectivity index (χ3n) is 2.98. The van der Waals surface area contributed by atoms with Crippen molar-refractivity contribution in [3.8, 4) is 0 Å². The highest BCUT2D eigenvalue weighted by atomic mass is 35.5. The molecule has 0 spiro atoms. The topological polar surface area (TPSA) is 15.3 Å². The molecule has 1 atom stereocenters. The fourth-order valence-electron chi connectivity index (χ4n) is 2.12. The minimum absolute atomic E-state index is 0. The Morgan fingerprint density at radius 1 is 1.17 bits per heavy atom. The molecule has 0 bridgehead atoms. The van der Waals surface area contributed by atoms with E-state index < -0.39 is 0 Å². The lowest BCUT2D eigenvalue weighted by molar-refractivity contribution is 0.203. The van der Waals surface area contributed by atoms with Crippen molar-refractivity contribution in [3.63, 3.8) is 0 Å². The summed E-state index contributed by atoms with van der Waals surface area (Å²) in [6.07, 6.45) is 1.93. The maximum atomic E-state index is 12.8. The molecule has 0 aromatic heterocycles. The Kier molecular flexibility index (Phi) is 8.20. The van der Waals surface area contributed by atoms with E-state index in [1.807, 2.05) is 18.2 Å². The molecule has 1 heterocycles. The monoisotopic (exact) mass is 292 g/mol. The molecule has 0 unspecified atom stereocenters. The fraction of sp³-hybridized carbons (Fsp3) is 0.385. The van der Waals surface area contributed by atoms with Gasteiger partial charge in [0.25, 0.3) is 0 Å². The minimum atomic E-state index is -0.188. The van der Waals surface area contributed by atoms with Crippen LogP contribution in [0.15, 0.2) is 36.9 Å². The van der Waals surface area contributed by atoms with Crippen molar-refractivity contribution in [1.82, 2.24) is 10.2 Å². The Labute approximate surface area is 120 Å². The number of nitrogens with zero attached hydrogens (tertiary/aromatic N) is 1. The predicted molar refractivity (Wildman–Crippen MR) is 78.3 cm³/mol. The average Bonchev–Trinajstić information content (AvgIpc) is 2.34. The van der Waals surface area contributed by atoms with Gasteiger partial charge in [-0.2, -0.15) is 0 Å². The van der Waals surface area contributed by atoms with Gasteiger partial charge in [0.05, 0.1) is 6.04 Å². The number of rotatable bonds is 3. The molecule has 1 aliphatic rings. The smallest absolute Gasteiger partial charge is 0.123 e. The molecule has 0 radical (unpaired) electrons. The Morgan fingerprint density at radius 3 is 2.22 bits per heavy atom. The molecule has 1 saturated heterocycles. The van der Waals surface area contributed by atoms with Crippen LogP contribution in [0.4, 0.5) is 4.39 Å². The highest BCUT2D eigenvalue weighted by Crippen LogP contribution is 2.22. The van der Waals surface area contributed by atoms with Crippen molar-refractivity contribution in [2.75, 3.05) is 26.2 Å². The number of nitrogens with one attached hydrogen (secondary N) is 1. The quantitative estimate of drug-likeness (QED) is 0.862. The van der Waals surface area contributed by atoms with Gasteiger partial charge in [0, 0.05) is 26.2 Å². The molecule has 1 fully saturated rings. The zero-order valence-corrected chi connectivity index (χ0v) is 11.8. The van der Waals surface area contributed by atoms with Crippen LogP contribution in [0.3, 0.4) is 0 Å². The predicted octanol–water partition coefficient (Wildman–Crippen LogP) is 2.80. The van der Waals surface area contributed by atoms with Crippen molar-refractivity contribution >= 4 is 24.8 Å². The SMILES string of the molecule is C=C[C@@H](c1ccc(F)cc1)N1CCNCC1.Cl.Cl. The van der Waals surface area contributed by atoms with Crippen molar-refractivity contribution in [2.45, 2.75) is 6.04 Å². The molecule has 18 heavy (non-hydrogen) atoms. The van der Waals surface area contributed by atoms with Crippen molar-refractivity contribution < 1.29 is 4.39 Å². The second-order valence-corrected chi connectivity index (χ2v) is 4.02. The zero-order chi connectivity index (χ0) is 11.4. The van der Waals surface area contributed by atoms with Crippen LogP contribution < -0.4 is 5.32 Å². The van der Waals surface area contributed by atoms with Crippen LogP contribution in [0.1, 0.15) is 11.6 Å². The largest absolute Gasteiger partial charge is 0.314 e. The van der Waals surface area contributed by atoms with E-state index in [1.54, 1.807) is 0 Å². The first-order valence-electron chi connectivity index (χ1n) is 5.64. The lowest BCUT2D eigenvalue weighted by atomic mass is 10.0. The summed E-state index contributed by atoms with van der Waals surface area (Å²) in [5.74, 6) is -0.188. The van der Waals surface area contributed by atoms with E-state index in [1.165, 1.54) is 12.1 Å². The highest BCUT2D eigenvalue weighted by molar-refractivity contribution is 5.85. The second kappa shape index (κ2) is 8.48. The lowest BCUT2D eigenvalue weighted by Crippen LogP contribution is -2.44. The maximum absolute atomic E-state index is 12.8. The van der Waals surface area contributed by atoms with Gasteiger partial charge in [0.2, 0.25) is 0 Å². The third-order valence-corrected chi connectivity index (χ3v) is 2.98. The first kappa shape index (κ1) is 17.4. The summed E-state index contributed by atoms with van der Waals surface area (Å²) in [7, 11) is 0. The van der Waals surface area contributed by atoms with E-state index in [4.69, 9.17) is 0 Å². The van der Waals surface area contributed by atoms with Gasteiger partial charge in [0.1, 0.15) is 5.82 Å². The summed E-state index contributed by atoms with van der Waals surface area (Å²) in [6, 6.07) is 6.89. The molecule has 102 valence electrons. The van der Waals surface area contributed by atoms with Crippen LogP contribution in [0.2, 0.25) is 0 Å². The van der Waals surface area contributed by atoms with Gasteiger partial charge < -0.3 is 5.32 Å². The van der Waals surface area contributed by atoms with Gasteiger partial charge in [-0.25, -0.2) is 4.39 Å². The van der Waals surface area contributed by atoms with Gasteiger partial charge in [0.15, 0.2) is 0 Å². The number of benzene rings is 1.